The van der Waals surface area contributed by atoms with E-state index in [2.05, 4.69) is 24.0 Å². The summed E-state index contributed by atoms with van der Waals surface area (Å²) in [6.07, 6.45) is 4.51. The third kappa shape index (κ3) is 3.27. The van der Waals surface area contributed by atoms with Gasteiger partial charge in [-0.2, -0.15) is 0 Å². The molecule has 0 spiro atoms. The highest BCUT2D eigenvalue weighted by molar-refractivity contribution is 7.13. The van der Waals surface area contributed by atoms with Crippen molar-refractivity contribution in [3.8, 4) is 0 Å². The fourth-order valence-electron chi connectivity index (χ4n) is 1.45. The van der Waals surface area contributed by atoms with Gasteiger partial charge in [-0.15, -0.1) is 10.2 Å². The Morgan fingerprint density at radius 1 is 1.47 bits per heavy atom. The van der Waals surface area contributed by atoms with Gasteiger partial charge in [0.1, 0.15) is 5.01 Å². The topological polar surface area (TPSA) is 68.9 Å². The van der Waals surface area contributed by atoms with E-state index in [0.29, 0.717) is 10.9 Å². The summed E-state index contributed by atoms with van der Waals surface area (Å²) in [7, 11) is 0. The number of hydrogen-bond acceptors (Lipinski definition) is 4. The van der Waals surface area contributed by atoms with E-state index in [1.54, 1.807) is 0 Å². The number of hydrogen-bond donors (Lipinski definition) is 1. The van der Waals surface area contributed by atoms with E-state index in [1.165, 1.54) is 24.2 Å². The molecule has 0 saturated heterocycles. The van der Waals surface area contributed by atoms with Crippen LogP contribution in [0.1, 0.15) is 60.3 Å². The van der Waals surface area contributed by atoms with Crippen LogP contribution >= 0.6 is 11.3 Å². The van der Waals surface area contributed by atoms with Crippen molar-refractivity contribution < 1.29 is 4.79 Å². The second-order valence-electron chi connectivity index (χ2n) is 3.56. The lowest BCUT2D eigenvalue weighted by atomic mass is 10.0. The normalized spacial score (nSPS) is 12.7. The molecule has 0 aliphatic rings. The number of aromatic nitrogens is 2. The highest BCUT2D eigenvalue weighted by Crippen LogP contribution is 2.27. The van der Waals surface area contributed by atoms with E-state index in [0.717, 1.165) is 17.8 Å². The van der Waals surface area contributed by atoms with Gasteiger partial charge in [0.25, 0.3) is 5.91 Å². The Labute approximate surface area is 93.9 Å². The summed E-state index contributed by atoms with van der Waals surface area (Å²) in [4.78, 5) is 10.9. The number of carbonyl (C=O) groups excluding carboxylic acids is 1. The molecule has 0 aliphatic heterocycles. The maximum atomic E-state index is 10.9. The average Bonchev–Trinajstić information content (AvgIpc) is 2.68. The molecule has 0 aromatic carbocycles. The summed E-state index contributed by atoms with van der Waals surface area (Å²) >= 11 is 1.33. The zero-order chi connectivity index (χ0) is 11.3. The van der Waals surface area contributed by atoms with Crippen molar-refractivity contribution in [1.29, 1.82) is 0 Å². The van der Waals surface area contributed by atoms with Crippen molar-refractivity contribution in [2.45, 2.75) is 45.4 Å². The molecule has 0 bridgehead atoms. The summed E-state index contributed by atoms with van der Waals surface area (Å²) in [5, 5.41) is 9.08. The van der Waals surface area contributed by atoms with Crippen LogP contribution in [-0.2, 0) is 0 Å². The third-order valence-electron chi connectivity index (χ3n) is 2.40. The predicted octanol–water partition coefficient (Wildman–Crippen LogP) is 2.32. The standard InChI is InChI=1S/C10H17N3OS/c1-3-5-6-7(4-2)9-12-13-10(15-9)8(11)14/h7H,3-6H2,1-2H3,(H2,11,14). The van der Waals surface area contributed by atoms with Crippen molar-refractivity contribution in [2.24, 2.45) is 5.73 Å². The molecule has 15 heavy (non-hydrogen) atoms. The molecular weight excluding hydrogens is 210 g/mol. The van der Waals surface area contributed by atoms with Gasteiger partial charge in [-0.3, -0.25) is 4.79 Å². The fraction of sp³-hybridized carbons (Fsp3) is 0.700. The zero-order valence-corrected chi connectivity index (χ0v) is 10.0. The van der Waals surface area contributed by atoms with Gasteiger partial charge in [0, 0.05) is 5.92 Å². The lowest BCUT2D eigenvalue weighted by Crippen LogP contribution is -2.10. The number of nitrogens with two attached hydrogens (primary N) is 1. The Balaban J connectivity index is 2.69. The first-order valence-electron chi connectivity index (χ1n) is 5.32. The summed E-state index contributed by atoms with van der Waals surface area (Å²) in [6, 6.07) is 0. The lowest BCUT2D eigenvalue weighted by Gasteiger charge is -2.09. The first kappa shape index (κ1) is 12.1. The molecule has 1 rings (SSSR count). The van der Waals surface area contributed by atoms with Gasteiger partial charge >= 0.3 is 0 Å². The second kappa shape index (κ2) is 5.80. The number of primary amides is 1. The molecule has 0 aliphatic carbocycles. The molecule has 5 heteroatoms. The Morgan fingerprint density at radius 2 is 2.20 bits per heavy atom. The van der Waals surface area contributed by atoms with E-state index < -0.39 is 5.91 Å². The smallest absolute Gasteiger partial charge is 0.279 e. The molecule has 0 radical (unpaired) electrons. The van der Waals surface area contributed by atoms with Gasteiger partial charge in [-0.25, -0.2) is 0 Å². The minimum Gasteiger partial charge on any atom is -0.363 e. The van der Waals surface area contributed by atoms with Gasteiger partial charge in [-0.1, -0.05) is 38.0 Å². The SMILES string of the molecule is CCCCC(CC)c1nnc(C(N)=O)s1. The minimum atomic E-state index is -0.482. The van der Waals surface area contributed by atoms with Gasteiger partial charge in [-0.05, 0) is 12.8 Å². The Bertz CT molecular complexity index is 324. The summed E-state index contributed by atoms with van der Waals surface area (Å²) in [5.41, 5.74) is 5.14. The maximum absolute atomic E-state index is 10.9. The molecule has 2 N–H and O–H groups in total. The largest absolute Gasteiger partial charge is 0.363 e. The van der Waals surface area contributed by atoms with Crippen LogP contribution in [0.25, 0.3) is 0 Å². The van der Waals surface area contributed by atoms with Gasteiger partial charge in [0.2, 0.25) is 5.01 Å². The predicted molar refractivity (Wildman–Crippen MR) is 61.0 cm³/mol. The van der Waals surface area contributed by atoms with Crippen LogP contribution in [-0.4, -0.2) is 16.1 Å². The molecule has 0 fully saturated rings. The van der Waals surface area contributed by atoms with Crippen molar-refractivity contribution in [3.63, 3.8) is 0 Å². The number of rotatable bonds is 6. The summed E-state index contributed by atoms with van der Waals surface area (Å²) in [6.45, 7) is 4.30. The van der Waals surface area contributed by atoms with Crippen molar-refractivity contribution in [3.05, 3.63) is 10.0 Å². The van der Waals surface area contributed by atoms with Crippen LogP contribution in [0.2, 0.25) is 0 Å². The van der Waals surface area contributed by atoms with Crippen LogP contribution in [0.3, 0.4) is 0 Å². The van der Waals surface area contributed by atoms with E-state index in [-0.39, 0.29) is 0 Å². The van der Waals surface area contributed by atoms with Crippen LogP contribution in [0.4, 0.5) is 0 Å². The van der Waals surface area contributed by atoms with Crippen LogP contribution in [0, 0.1) is 0 Å². The van der Waals surface area contributed by atoms with Crippen molar-refractivity contribution in [1.82, 2.24) is 10.2 Å². The molecule has 1 atom stereocenters. The molecule has 1 unspecified atom stereocenters. The minimum absolute atomic E-state index is 0.319. The number of nitrogens with zero attached hydrogens (tertiary/aromatic N) is 2. The second-order valence-corrected chi connectivity index (χ2v) is 4.57. The van der Waals surface area contributed by atoms with Crippen LogP contribution in [0.15, 0.2) is 0 Å². The Hall–Kier alpha value is -0.970. The van der Waals surface area contributed by atoms with E-state index >= 15 is 0 Å². The number of amides is 1. The van der Waals surface area contributed by atoms with Crippen molar-refractivity contribution >= 4 is 17.2 Å². The summed E-state index contributed by atoms with van der Waals surface area (Å²) in [5.74, 6) is -0.0559. The first-order chi connectivity index (χ1) is 7.19. The molecule has 1 amide bonds. The highest BCUT2D eigenvalue weighted by Gasteiger charge is 2.16. The fourth-order valence-corrected chi connectivity index (χ4v) is 2.37. The van der Waals surface area contributed by atoms with Crippen LogP contribution in [0.5, 0.6) is 0 Å². The van der Waals surface area contributed by atoms with Gasteiger partial charge in [0.05, 0.1) is 0 Å². The Kier molecular flexibility index (Phi) is 4.68. The molecule has 0 saturated carbocycles. The van der Waals surface area contributed by atoms with Gasteiger partial charge < -0.3 is 5.73 Å². The van der Waals surface area contributed by atoms with E-state index in [4.69, 9.17) is 5.73 Å². The maximum Gasteiger partial charge on any atom is 0.279 e. The molecule has 1 aromatic rings. The monoisotopic (exact) mass is 227 g/mol. The third-order valence-corrected chi connectivity index (χ3v) is 3.50. The lowest BCUT2D eigenvalue weighted by molar-refractivity contribution is 0.0999. The molecule has 84 valence electrons. The zero-order valence-electron chi connectivity index (χ0n) is 9.19. The molecule has 1 heterocycles. The quantitative estimate of drug-likeness (QED) is 0.810. The molecule has 4 nitrogen and oxygen atoms in total. The average molecular weight is 227 g/mol. The number of carbonyl (C=O) groups is 1. The van der Waals surface area contributed by atoms with Gasteiger partial charge in [0.15, 0.2) is 0 Å². The molecular formula is C10H17N3OS. The number of unbranched alkanes of at least 4 members (excludes halogenated alkanes) is 1. The highest BCUT2D eigenvalue weighted by atomic mass is 32.1. The Morgan fingerprint density at radius 3 is 2.67 bits per heavy atom. The van der Waals surface area contributed by atoms with Crippen molar-refractivity contribution in [2.75, 3.05) is 0 Å². The molecule has 1 aromatic heterocycles. The van der Waals surface area contributed by atoms with E-state index in [9.17, 15) is 4.79 Å². The summed E-state index contributed by atoms with van der Waals surface area (Å²) < 4.78 is 0. The van der Waals surface area contributed by atoms with Crippen LogP contribution < -0.4 is 5.73 Å². The first-order valence-corrected chi connectivity index (χ1v) is 6.13. The van der Waals surface area contributed by atoms with E-state index in [1.807, 2.05) is 0 Å².